The van der Waals surface area contributed by atoms with Gasteiger partial charge in [0.15, 0.2) is 0 Å². The van der Waals surface area contributed by atoms with Crippen LogP contribution in [0, 0.1) is 35.5 Å². The van der Waals surface area contributed by atoms with E-state index in [2.05, 4.69) is 116 Å². The Balaban J connectivity index is 1.35. The van der Waals surface area contributed by atoms with E-state index in [9.17, 15) is 0 Å². The highest BCUT2D eigenvalue weighted by atomic mass is 32.1. The summed E-state index contributed by atoms with van der Waals surface area (Å²) in [6.45, 7) is 24.4. The van der Waals surface area contributed by atoms with Gasteiger partial charge in [-0.1, -0.05) is 146 Å². The number of hydrogen-bond donors (Lipinski definition) is 0. The second-order valence-electron chi connectivity index (χ2n) is 21.0. The molecule has 0 spiro atoms. The summed E-state index contributed by atoms with van der Waals surface area (Å²) in [5.41, 5.74) is 5.80. The Kier molecular flexibility index (Phi) is 20.5. The van der Waals surface area contributed by atoms with Crippen molar-refractivity contribution in [3.05, 3.63) is 79.2 Å². The Morgan fingerprint density at radius 3 is 1.23 bits per heavy atom. The summed E-state index contributed by atoms with van der Waals surface area (Å²) < 4.78 is 0. The van der Waals surface area contributed by atoms with Crippen LogP contribution in [0.4, 0.5) is 0 Å². The van der Waals surface area contributed by atoms with Crippen LogP contribution in [0.2, 0.25) is 0 Å². The quantitative estimate of drug-likeness (QED) is 0.0522. The van der Waals surface area contributed by atoms with Crippen LogP contribution in [-0.4, -0.2) is 34.7 Å². The molecular weight excluding hydrogens is 885 g/mol. The fourth-order valence-electron chi connectivity index (χ4n) is 9.94. The van der Waals surface area contributed by atoms with Gasteiger partial charge in [-0.05, 0) is 132 Å². The van der Waals surface area contributed by atoms with E-state index < -0.39 is 0 Å². The molecule has 0 saturated heterocycles. The molecule has 4 unspecified atom stereocenters. The Labute approximate surface area is 417 Å². The van der Waals surface area contributed by atoms with Gasteiger partial charge in [0.25, 0.3) is 11.8 Å². The number of nitrogens with zero attached hydrogens (tertiary/aromatic N) is 2. The molecule has 4 aromatic rings. The second-order valence-corrected chi connectivity index (χ2v) is 25.0. The lowest BCUT2D eigenvalue weighted by atomic mass is 9.95. The van der Waals surface area contributed by atoms with E-state index in [0.717, 1.165) is 109 Å². The maximum absolute atomic E-state index is 15.4. The standard InChI is InChI=1S/C58H84N2O2S4/c1-11-15-23-43(13-3)35-59-55(49-31-29-47(65-49)51-33-45(37-63-51)27-25-41(9)21-17-19-39(5)6)53-54(57(59)61)56(60(58(53)62)36-44(14-4)24-16-12-2)50-32-30-48(66-50)52-34-46(38-64-52)28-26-42(10)22-18-20-40(7)8/h29-34,37-44H,11-28,35-36H2,1-10H3. The highest BCUT2D eigenvalue weighted by molar-refractivity contribution is 7.22. The molecule has 0 radical (unpaired) electrons. The van der Waals surface area contributed by atoms with E-state index >= 15 is 9.59 Å². The second kappa shape index (κ2) is 25.7. The molecule has 66 heavy (non-hydrogen) atoms. The number of hydrogen-bond acceptors (Lipinski definition) is 6. The van der Waals surface area contributed by atoms with Crippen LogP contribution in [0.3, 0.4) is 0 Å². The van der Waals surface area contributed by atoms with E-state index in [-0.39, 0.29) is 11.8 Å². The summed E-state index contributed by atoms with van der Waals surface area (Å²) in [6, 6.07) is 13.7. The molecule has 4 atom stereocenters. The first-order valence-electron chi connectivity index (χ1n) is 26.3. The molecule has 0 aromatic carbocycles. The Morgan fingerprint density at radius 1 is 0.470 bits per heavy atom. The molecule has 6 heterocycles. The molecule has 4 nitrogen and oxygen atoms in total. The topological polar surface area (TPSA) is 40.6 Å². The zero-order chi connectivity index (χ0) is 47.3. The maximum atomic E-state index is 15.4. The van der Waals surface area contributed by atoms with Gasteiger partial charge >= 0.3 is 0 Å². The van der Waals surface area contributed by atoms with Crippen LogP contribution in [-0.2, 0) is 22.4 Å². The minimum Gasteiger partial charge on any atom is -0.306 e. The molecule has 0 bridgehead atoms. The van der Waals surface area contributed by atoms with Crippen LogP contribution in [0.25, 0.3) is 30.9 Å². The molecule has 2 aliphatic heterocycles. The lowest BCUT2D eigenvalue weighted by Crippen LogP contribution is -2.34. The Bertz CT molecular complexity index is 2060. The number of thiophene rings is 4. The molecule has 2 aliphatic rings. The summed E-state index contributed by atoms with van der Waals surface area (Å²) in [5, 5.41) is 4.69. The molecule has 0 N–H and O–H groups in total. The number of aryl methyl sites for hydroxylation is 2. The van der Waals surface area contributed by atoms with E-state index in [1.165, 1.54) is 82.0 Å². The van der Waals surface area contributed by atoms with Gasteiger partial charge in [-0.3, -0.25) is 9.59 Å². The maximum Gasteiger partial charge on any atom is 0.261 e. The van der Waals surface area contributed by atoms with Crippen molar-refractivity contribution in [3.63, 3.8) is 0 Å². The van der Waals surface area contributed by atoms with Crippen molar-refractivity contribution in [2.24, 2.45) is 35.5 Å². The third-order valence-electron chi connectivity index (χ3n) is 14.4. The van der Waals surface area contributed by atoms with Crippen LogP contribution < -0.4 is 0 Å². The van der Waals surface area contributed by atoms with Crippen LogP contribution in [0.1, 0.15) is 193 Å². The average molecular weight is 970 g/mol. The molecular formula is C58H84N2O2S4. The van der Waals surface area contributed by atoms with Crippen LogP contribution >= 0.6 is 45.3 Å². The van der Waals surface area contributed by atoms with Crippen molar-refractivity contribution in [2.75, 3.05) is 13.1 Å². The number of fused-ring (bicyclic) bond motifs is 1. The first-order chi connectivity index (χ1) is 31.8. The van der Waals surface area contributed by atoms with Crippen molar-refractivity contribution in [1.29, 1.82) is 0 Å². The smallest absolute Gasteiger partial charge is 0.261 e. The van der Waals surface area contributed by atoms with Crippen molar-refractivity contribution >= 4 is 68.6 Å². The fraction of sp³-hybridized carbons (Fsp3) is 0.621. The largest absolute Gasteiger partial charge is 0.306 e. The van der Waals surface area contributed by atoms with Crippen LogP contribution in [0.5, 0.6) is 0 Å². The highest BCUT2D eigenvalue weighted by Crippen LogP contribution is 2.51. The van der Waals surface area contributed by atoms with E-state index in [4.69, 9.17) is 0 Å². The molecule has 2 amide bonds. The number of carbonyl (C=O) groups is 2. The van der Waals surface area contributed by atoms with Gasteiger partial charge in [-0.2, -0.15) is 0 Å². The van der Waals surface area contributed by atoms with Gasteiger partial charge < -0.3 is 9.80 Å². The minimum absolute atomic E-state index is 0.00847. The molecule has 6 rings (SSSR count). The zero-order valence-electron chi connectivity index (χ0n) is 42.6. The molecule has 4 aromatic heterocycles. The van der Waals surface area contributed by atoms with Gasteiger partial charge in [0, 0.05) is 32.6 Å². The molecule has 0 saturated carbocycles. The monoisotopic (exact) mass is 969 g/mol. The normalized spacial score (nSPS) is 16.2. The van der Waals surface area contributed by atoms with Gasteiger partial charge in [0.05, 0.1) is 32.3 Å². The number of rotatable bonds is 30. The summed E-state index contributed by atoms with van der Waals surface area (Å²) in [5.74, 6) is 3.77. The third kappa shape index (κ3) is 13.7. The number of unbranched alkanes of at least 4 members (excludes halogenated alkanes) is 2. The van der Waals surface area contributed by atoms with Gasteiger partial charge in [0.2, 0.25) is 0 Å². The molecule has 362 valence electrons. The molecule has 0 aliphatic carbocycles. The summed E-state index contributed by atoms with van der Waals surface area (Å²) in [7, 11) is 0. The third-order valence-corrected chi connectivity index (χ3v) is 19.0. The first kappa shape index (κ1) is 52.6. The van der Waals surface area contributed by atoms with Crippen LogP contribution in [0.15, 0.2) is 58.3 Å². The summed E-state index contributed by atoms with van der Waals surface area (Å²) in [4.78, 5) is 41.9. The predicted octanol–water partition coefficient (Wildman–Crippen LogP) is 18.3. The number of carbonyl (C=O) groups excluding carboxylic acids is 2. The Morgan fingerprint density at radius 2 is 0.864 bits per heavy atom. The lowest BCUT2D eigenvalue weighted by molar-refractivity contribution is -0.124. The summed E-state index contributed by atoms with van der Waals surface area (Å²) >= 11 is 7.17. The van der Waals surface area contributed by atoms with Gasteiger partial charge in [-0.15, -0.1) is 45.3 Å². The first-order valence-corrected chi connectivity index (χ1v) is 29.7. The predicted molar refractivity (Wildman–Crippen MR) is 291 cm³/mol. The van der Waals surface area contributed by atoms with Crippen molar-refractivity contribution < 1.29 is 9.59 Å². The number of amides is 2. The zero-order valence-corrected chi connectivity index (χ0v) is 45.8. The fourth-order valence-corrected chi connectivity index (χ4v) is 14.2. The lowest BCUT2D eigenvalue weighted by Gasteiger charge is -2.29. The molecule has 0 fully saturated rings. The van der Waals surface area contributed by atoms with E-state index in [1.807, 2.05) is 32.5 Å². The molecule has 8 heteroatoms. The minimum atomic E-state index is 0.00847. The highest BCUT2D eigenvalue weighted by Gasteiger charge is 2.50. The van der Waals surface area contributed by atoms with E-state index in [1.54, 1.807) is 22.7 Å². The van der Waals surface area contributed by atoms with Crippen molar-refractivity contribution in [1.82, 2.24) is 9.80 Å². The SMILES string of the molecule is CCCCC(CC)CN1C(=O)C2=C(c3ccc(-c4cc(CCC(C)CCCC(C)C)cs4)s3)N(CC(CC)CCCC)C(=O)C2=C1c1ccc(-c2cc(CCC(C)CCCC(C)C)cs2)s1. The van der Waals surface area contributed by atoms with Crippen molar-refractivity contribution in [3.8, 4) is 19.5 Å². The summed E-state index contributed by atoms with van der Waals surface area (Å²) in [6.07, 6.45) is 21.3. The van der Waals surface area contributed by atoms with E-state index in [0.29, 0.717) is 36.1 Å². The Hall–Kier alpha value is -2.78. The van der Waals surface area contributed by atoms with Gasteiger partial charge in [-0.25, -0.2) is 0 Å². The average Bonchev–Trinajstić information content (AvgIpc) is 4.16. The van der Waals surface area contributed by atoms with Crippen molar-refractivity contribution in [2.45, 2.75) is 185 Å². The van der Waals surface area contributed by atoms with Gasteiger partial charge in [0.1, 0.15) is 0 Å².